The van der Waals surface area contributed by atoms with Gasteiger partial charge in [0, 0.05) is 32.4 Å². The van der Waals surface area contributed by atoms with Crippen LogP contribution in [0, 0.1) is 5.82 Å². The minimum Gasteiger partial charge on any atom is -0.352 e. The van der Waals surface area contributed by atoms with Gasteiger partial charge in [0.15, 0.2) is 11.6 Å². The van der Waals surface area contributed by atoms with Crippen molar-refractivity contribution >= 4 is 15.8 Å². The molecule has 0 aromatic carbocycles. The molecule has 0 spiro atoms. The summed E-state index contributed by atoms with van der Waals surface area (Å²) in [6, 6.07) is 0.394. The monoisotopic (exact) mass is 327 g/mol. The number of anilines is 1. The Morgan fingerprint density at radius 1 is 1.19 bits per heavy atom. The fraction of sp³-hybridized carbons (Fsp3) is 0.545. The third kappa shape index (κ3) is 3.62. The second-order valence-corrected chi connectivity index (χ2v) is 6.66. The molecule has 0 bridgehead atoms. The van der Waals surface area contributed by atoms with Crippen molar-refractivity contribution < 1.29 is 26.0 Å². The van der Waals surface area contributed by atoms with Crippen LogP contribution in [0.4, 0.5) is 23.4 Å². The van der Waals surface area contributed by atoms with Gasteiger partial charge in [0.1, 0.15) is 0 Å². The summed E-state index contributed by atoms with van der Waals surface area (Å²) in [5.74, 6) is -1.27. The largest absolute Gasteiger partial charge is 0.417 e. The zero-order valence-corrected chi connectivity index (χ0v) is 11.9. The van der Waals surface area contributed by atoms with E-state index in [1.54, 1.807) is 0 Å². The molecule has 0 aliphatic carbocycles. The molecule has 21 heavy (non-hydrogen) atoms. The van der Waals surface area contributed by atoms with Crippen LogP contribution < -0.4 is 4.90 Å². The standard InChI is InChI=1S/C11H13F4N3O2S/c1-21(19,20)18-4-2-17(3-5-18)10-9(12)6-8(7-16-10)11(13,14)15/h6-7H,2-5H2,1H3. The second-order valence-electron chi connectivity index (χ2n) is 4.68. The molecule has 5 nitrogen and oxygen atoms in total. The lowest BCUT2D eigenvalue weighted by Crippen LogP contribution is -2.48. The lowest BCUT2D eigenvalue weighted by atomic mass is 10.2. The van der Waals surface area contributed by atoms with Crippen LogP contribution in [-0.2, 0) is 16.2 Å². The van der Waals surface area contributed by atoms with Crippen molar-refractivity contribution in [2.75, 3.05) is 37.3 Å². The molecule has 0 radical (unpaired) electrons. The summed E-state index contributed by atoms with van der Waals surface area (Å²) < 4.78 is 75.0. The van der Waals surface area contributed by atoms with Gasteiger partial charge < -0.3 is 4.90 Å². The number of halogens is 4. The Kier molecular flexibility index (Phi) is 4.11. The first-order valence-electron chi connectivity index (χ1n) is 6.02. The Morgan fingerprint density at radius 2 is 1.76 bits per heavy atom. The van der Waals surface area contributed by atoms with Gasteiger partial charge in [-0.05, 0) is 6.07 Å². The summed E-state index contributed by atoms with van der Waals surface area (Å²) in [5.41, 5.74) is -1.15. The van der Waals surface area contributed by atoms with Crippen molar-refractivity contribution in [1.29, 1.82) is 0 Å². The van der Waals surface area contributed by atoms with E-state index in [-0.39, 0.29) is 32.0 Å². The molecule has 1 aliphatic heterocycles. The molecular formula is C11H13F4N3O2S. The second kappa shape index (κ2) is 5.41. The van der Waals surface area contributed by atoms with E-state index in [0.29, 0.717) is 12.3 Å². The molecule has 10 heteroatoms. The molecule has 0 unspecified atom stereocenters. The number of aromatic nitrogens is 1. The number of alkyl halides is 3. The van der Waals surface area contributed by atoms with Gasteiger partial charge in [-0.3, -0.25) is 0 Å². The van der Waals surface area contributed by atoms with Crippen molar-refractivity contribution in [3.63, 3.8) is 0 Å². The van der Waals surface area contributed by atoms with Crippen LogP contribution in [0.1, 0.15) is 5.56 Å². The smallest absolute Gasteiger partial charge is 0.352 e. The third-order valence-electron chi connectivity index (χ3n) is 3.16. The highest BCUT2D eigenvalue weighted by molar-refractivity contribution is 7.88. The molecule has 0 saturated carbocycles. The average Bonchev–Trinajstić information content (AvgIpc) is 2.36. The summed E-state index contributed by atoms with van der Waals surface area (Å²) in [7, 11) is -3.32. The summed E-state index contributed by atoms with van der Waals surface area (Å²) in [6.07, 6.45) is -3.01. The number of rotatable bonds is 2. The molecule has 2 heterocycles. The zero-order valence-electron chi connectivity index (χ0n) is 11.1. The number of hydrogen-bond acceptors (Lipinski definition) is 4. The van der Waals surface area contributed by atoms with E-state index in [1.807, 2.05) is 0 Å². The van der Waals surface area contributed by atoms with E-state index in [0.717, 1.165) is 6.26 Å². The van der Waals surface area contributed by atoms with Crippen LogP contribution in [0.2, 0.25) is 0 Å². The van der Waals surface area contributed by atoms with E-state index < -0.39 is 27.6 Å². The molecule has 1 fully saturated rings. The lowest BCUT2D eigenvalue weighted by Gasteiger charge is -2.34. The molecule has 0 atom stereocenters. The van der Waals surface area contributed by atoms with Crippen molar-refractivity contribution in [3.8, 4) is 0 Å². The summed E-state index contributed by atoms with van der Waals surface area (Å²) in [6.45, 7) is 0.618. The number of nitrogens with zero attached hydrogens (tertiary/aromatic N) is 3. The Hall–Kier alpha value is -1.42. The van der Waals surface area contributed by atoms with Crippen molar-refractivity contribution in [2.45, 2.75) is 6.18 Å². The minimum atomic E-state index is -4.65. The van der Waals surface area contributed by atoms with E-state index in [2.05, 4.69) is 4.98 Å². The number of piperazine rings is 1. The van der Waals surface area contributed by atoms with E-state index in [1.165, 1.54) is 9.21 Å². The molecule has 0 N–H and O–H groups in total. The maximum Gasteiger partial charge on any atom is 0.417 e. The minimum absolute atomic E-state index is 0.140. The quantitative estimate of drug-likeness (QED) is 0.769. The normalized spacial score (nSPS) is 18.0. The van der Waals surface area contributed by atoms with Gasteiger partial charge in [0.25, 0.3) is 0 Å². The Balaban J connectivity index is 2.14. The third-order valence-corrected chi connectivity index (χ3v) is 4.46. The van der Waals surface area contributed by atoms with Crippen molar-refractivity contribution in [1.82, 2.24) is 9.29 Å². The Morgan fingerprint density at radius 3 is 2.19 bits per heavy atom. The van der Waals surface area contributed by atoms with E-state index in [4.69, 9.17) is 0 Å². The topological polar surface area (TPSA) is 53.5 Å². The Labute approximate surface area is 119 Å². The summed E-state index contributed by atoms with van der Waals surface area (Å²) >= 11 is 0. The van der Waals surface area contributed by atoms with Gasteiger partial charge in [-0.1, -0.05) is 0 Å². The van der Waals surface area contributed by atoms with Crippen LogP contribution in [0.25, 0.3) is 0 Å². The predicted octanol–water partition coefficient (Wildman–Crippen LogP) is 1.32. The number of hydrogen-bond donors (Lipinski definition) is 0. The zero-order chi connectivity index (χ0) is 15.8. The number of sulfonamides is 1. The molecule has 1 saturated heterocycles. The van der Waals surface area contributed by atoms with Gasteiger partial charge >= 0.3 is 6.18 Å². The van der Waals surface area contributed by atoms with Gasteiger partial charge in [-0.15, -0.1) is 0 Å². The maximum atomic E-state index is 13.8. The van der Waals surface area contributed by atoms with Crippen LogP contribution in [0.3, 0.4) is 0 Å². The predicted molar refractivity (Wildman–Crippen MR) is 67.8 cm³/mol. The first kappa shape index (κ1) is 16.0. The van der Waals surface area contributed by atoms with E-state index >= 15 is 0 Å². The fourth-order valence-electron chi connectivity index (χ4n) is 2.05. The fourth-order valence-corrected chi connectivity index (χ4v) is 2.88. The molecule has 1 aromatic rings. The molecule has 1 aliphatic rings. The highest BCUT2D eigenvalue weighted by atomic mass is 32.2. The molecule has 118 valence electrons. The van der Waals surface area contributed by atoms with Crippen molar-refractivity contribution in [3.05, 3.63) is 23.6 Å². The molecule has 2 rings (SSSR count). The lowest BCUT2D eigenvalue weighted by molar-refractivity contribution is -0.138. The van der Waals surface area contributed by atoms with Gasteiger partial charge in [0.2, 0.25) is 10.0 Å². The Bertz CT molecular complexity index is 625. The maximum absolute atomic E-state index is 13.8. The highest BCUT2D eigenvalue weighted by Crippen LogP contribution is 2.31. The first-order valence-corrected chi connectivity index (χ1v) is 7.86. The van der Waals surface area contributed by atoms with Crippen LogP contribution in [0.5, 0.6) is 0 Å². The average molecular weight is 327 g/mol. The summed E-state index contributed by atoms with van der Waals surface area (Å²) in [4.78, 5) is 4.95. The molecule has 1 aromatic heterocycles. The molecule has 0 amide bonds. The van der Waals surface area contributed by atoms with Gasteiger partial charge in [-0.25, -0.2) is 17.8 Å². The van der Waals surface area contributed by atoms with Crippen LogP contribution >= 0.6 is 0 Å². The highest BCUT2D eigenvalue weighted by Gasteiger charge is 2.33. The SMILES string of the molecule is CS(=O)(=O)N1CCN(c2ncc(C(F)(F)F)cc2F)CC1. The number of pyridine rings is 1. The molecular weight excluding hydrogens is 314 g/mol. The van der Waals surface area contributed by atoms with Crippen LogP contribution in [0.15, 0.2) is 12.3 Å². The van der Waals surface area contributed by atoms with Crippen molar-refractivity contribution in [2.24, 2.45) is 0 Å². The van der Waals surface area contributed by atoms with Crippen LogP contribution in [-0.4, -0.2) is 50.1 Å². The van der Waals surface area contributed by atoms with E-state index in [9.17, 15) is 26.0 Å². The summed E-state index contributed by atoms with van der Waals surface area (Å²) in [5, 5.41) is 0. The van der Waals surface area contributed by atoms with Gasteiger partial charge in [-0.2, -0.15) is 17.5 Å². The van der Waals surface area contributed by atoms with Gasteiger partial charge in [0.05, 0.1) is 11.8 Å². The first-order chi connectivity index (χ1) is 9.59.